The smallest absolute Gasteiger partial charge is 0.228 e. The molecule has 0 radical (unpaired) electrons. The highest BCUT2D eigenvalue weighted by atomic mass is 16.2. The Hall–Kier alpha value is -2.37. The van der Waals surface area contributed by atoms with Gasteiger partial charge in [-0.2, -0.15) is 0 Å². The van der Waals surface area contributed by atoms with Crippen molar-refractivity contribution in [2.45, 2.75) is 26.3 Å². The summed E-state index contributed by atoms with van der Waals surface area (Å²) in [6.07, 6.45) is 1.08. The van der Waals surface area contributed by atoms with Crippen LogP contribution in [0, 0.1) is 5.92 Å². The minimum absolute atomic E-state index is 0.0439. The van der Waals surface area contributed by atoms with Crippen molar-refractivity contribution in [2.75, 3.05) is 32.7 Å². The van der Waals surface area contributed by atoms with E-state index in [-0.39, 0.29) is 23.6 Å². The summed E-state index contributed by atoms with van der Waals surface area (Å²) in [6.45, 7) is 5.10. The summed E-state index contributed by atoms with van der Waals surface area (Å²) >= 11 is 0. The van der Waals surface area contributed by atoms with Crippen molar-refractivity contribution in [3.63, 3.8) is 0 Å². The van der Waals surface area contributed by atoms with Crippen LogP contribution in [0.1, 0.15) is 25.3 Å². The van der Waals surface area contributed by atoms with Crippen molar-refractivity contribution in [3.05, 3.63) is 35.9 Å². The molecule has 1 aromatic rings. The standard InChI is InChI=1S/C19H25N3O3/c1-15(23)20-8-5-9-21(11-10-20)19(25)17-12-18(24)22(14-17)13-16-6-3-2-4-7-16/h2-4,6-7,17H,5,8-14H2,1H3/t17-/m0/s1. The minimum Gasteiger partial charge on any atom is -0.341 e. The molecule has 2 fully saturated rings. The molecule has 0 bridgehead atoms. The Bertz CT molecular complexity index is 647. The van der Waals surface area contributed by atoms with Crippen LogP contribution in [0.4, 0.5) is 0 Å². The Morgan fingerprint density at radius 3 is 2.44 bits per heavy atom. The van der Waals surface area contributed by atoms with Crippen LogP contribution in [0.3, 0.4) is 0 Å². The van der Waals surface area contributed by atoms with Crippen LogP contribution in [0.15, 0.2) is 30.3 Å². The number of hydrogen-bond donors (Lipinski definition) is 0. The third-order valence-electron chi connectivity index (χ3n) is 5.03. The normalized spacial score (nSPS) is 21.4. The highest BCUT2D eigenvalue weighted by Crippen LogP contribution is 2.23. The molecule has 2 aliphatic heterocycles. The Balaban J connectivity index is 1.58. The second kappa shape index (κ2) is 7.68. The van der Waals surface area contributed by atoms with E-state index >= 15 is 0 Å². The van der Waals surface area contributed by atoms with Crippen molar-refractivity contribution < 1.29 is 14.4 Å². The van der Waals surface area contributed by atoms with Crippen LogP contribution in [0.2, 0.25) is 0 Å². The van der Waals surface area contributed by atoms with Gasteiger partial charge in [-0.05, 0) is 12.0 Å². The molecule has 134 valence electrons. The van der Waals surface area contributed by atoms with Gasteiger partial charge < -0.3 is 14.7 Å². The third-order valence-corrected chi connectivity index (χ3v) is 5.03. The highest BCUT2D eigenvalue weighted by molar-refractivity contribution is 5.89. The van der Waals surface area contributed by atoms with Gasteiger partial charge in [0.05, 0.1) is 5.92 Å². The summed E-state index contributed by atoms with van der Waals surface area (Å²) in [5, 5.41) is 0. The summed E-state index contributed by atoms with van der Waals surface area (Å²) in [7, 11) is 0. The van der Waals surface area contributed by atoms with Crippen LogP contribution in [-0.4, -0.2) is 65.1 Å². The lowest BCUT2D eigenvalue weighted by Crippen LogP contribution is -2.40. The maximum atomic E-state index is 12.8. The van der Waals surface area contributed by atoms with Crippen LogP contribution in [-0.2, 0) is 20.9 Å². The lowest BCUT2D eigenvalue weighted by atomic mass is 10.1. The molecule has 0 N–H and O–H groups in total. The average molecular weight is 343 g/mol. The van der Waals surface area contributed by atoms with E-state index in [1.54, 1.807) is 16.7 Å². The van der Waals surface area contributed by atoms with Crippen molar-refractivity contribution in [1.82, 2.24) is 14.7 Å². The van der Waals surface area contributed by atoms with Gasteiger partial charge >= 0.3 is 0 Å². The van der Waals surface area contributed by atoms with Crippen molar-refractivity contribution in [3.8, 4) is 0 Å². The maximum absolute atomic E-state index is 12.8. The number of hydrogen-bond acceptors (Lipinski definition) is 3. The van der Waals surface area contributed by atoms with E-state index in [1.807, 2.05) is 35.2 Å². The first-order valence-electron chi connectivity index (χ1n) is 8.90. The molecule has 1 atom stereocenters. The van der Waals surface area contributed by atoms with Crippen LogP contribution < -0.4 is 0 Å². The molecule has 0 aliphatic carbocycles. The zero-order valence-electron chi connectivity index (χ0n) is 14.7. The number of carbonyl (C=O) groups excluding carboxylic acids is 3. The molecule has 0 spiro atoms. The molecule has 2 heterocycles. The topological polar surface area (TPSA) is 60.9 Å². The predicted octanol–water partition coefficient (Wildman–Crippen LogP) is 1.12. The molecule has 2 aliphatic rings. The fraction of sp³-hybridized carbons (Fsp3) is 0.526. The second-order valence-electron chi connectivity index (χ2n) is 6.85. The first-order valence-corrected chi connectivity index (χ1v) is 8.90. The molecule has 2 saturated heterocycles. The van der Waals surface area contributed by atoms with Crippen molar-refractivity contribution >= 4 is 17.7 Å². The fourth-order valence-corrected chi connectivity index (χ4v) is 3.61. The number of likely N-dealkylation sites (tertiary alicyclic amines) is 1. The summed E-state index contributed by atoms with van der Waals surface area (Å²) in [4.78, 5) is 42.0. The molecule has 0 unspecified atom stereocenters. The van der Waals surface area contributed by atoms with E-state index in [2.05, 4.69) is 0 Å². The van der Waals surface area contributed by atoms with Crippen LogP contribution >= 0.6 is 0 Å². The van der Waals surface area contributed by atoms with E-state index in [4.69, 9.17) is 0 Å². The SMILES string of the molecule is CC(=O)N1CCCN(C(=O)[C@H]2CC(=O)N(Cc3ccccc3)C2)CC1. The monoisotopic (exact) mass is 343 g/mol. The predicted molar refractivity (Wildman–Crippen MR) is 93.4 cm³/mol. The minimum atomic E-state index is -0.264. The van der Waals surface area contributed by atoms with Gasteiger partial charge in [0.25, 0.3) is 0 Å². The third kappa shape index (κ3) is 4.18. The summed E-state index contributed by atoms with van der Waals surface area (Å²) in [5.41, 5.74) is 1.08. The molecular weight excluding hydrogens is 318 g/mol. The van der Waals surface area contributed by atoms with Gasteiger partial charge in [-0.1, -0.05) is 30.3 Å². The van der Waals surface area contributed by atoms with Crippen molar-refractivity contribution in [1.29, 1.82) is 0 Å². The summed E-state index contributed by atoms with van der Waals surface area (Å²) in [6, 6.07) is 9.85. The summed E-state index contributed by atoms with van der Waals surface area (Å²) in [5.74, 6) is -0.115. The van der Waals surface area contributed by atoms with Gasteiger partial charge in [-0.25, -0.2) is 0 Å². The largest absolute Gasteiger partial charge is 0.341 e. The zero-order chi connectivity index (χ0) is 17.8. The number of nitrogens with zero attached hydrogens (tertiary/aromatic N) is 3. The van der Waals surface area contributed by atoms with E-state index in [1.165, 1.54) is 0 Å². The fourth-order valence-electron chi connectivity index (χ4n) is 3.61. The molecule has 3 rings (SSSR count). The van der Waals surface area contributed by atoms with E-state index in [0.29, 0.717) is 45.7 Å². The molecule has 6 heteroatoms. The number of benzene rings is 1. The number of rotatable bonds is 3. The van der Waals surface area contributed by atoms with Crippen molar-refractivity contribution in [2.24, 2.45) is 5.92 Å². The Morgan fingerprint density at radius 1 is 1.04 bits per heavy atom. The molecule has 0 aromatic heterocycles. The van der Waals surface area contributed by atoms with Gasteiger partial charge in [0, 0.05) is 52.6 Å². The van der Waals surface area contributed by atoms with E-state index < -0.39 is 0 Å². The highest BCUT2D eigenvalue weighted by Gasteiger charge is 2.36. The molecular formula is C19H25N3O3. The molecule has 25 heavy (non-hydrogen) atoms. The Labute approximate surface area is 148 Å². The van der Waals surface area contributed by atoms with E-state index in [9.17, 15) is 14.4 Å². The van der Waals surface area contributed by atoms with Gasteiger partial charge in [0.1, 0.15) is 0 Å². The van der Waals surface area contributed by atoms with Crippen LogP contribution in [0.25, 0.3) is 0 Å². The summed E-state index contributed by atoms with van der Waals surface area (Å²) < 4.78 is 0. The zero-order valence-corrected chi connectivity index (χ0v) is 14.7. The number of amides is 3. The average Bonchev–Trinajstić information content (AvgIpc) is 2.82. The second-order valence-corrected chi connectivity index (χ2v) is 6.85. The Kier molecular flexibility index (Phi) is 5.36. The lowest BCUT2D eigenvalue weighted by Gasteiger charge is -2.24. The van der Waals surface area contributed by atoms with Gasteiger partial charge in [-0.15, -0.1) is 0 Å². The molecule has 1 aromatic carbocycles. The molecule has 0 saturated carbocycles. The molecule has 3 amide bonds. The quantitative estimate of drug-likeness (QED) is 0.826. The number of carbonyl (C=O) groups is 3. The first kappa shape index (κ1) is 17.5. The van der Waals surface area contributed by atoms with Gasteiger partial charge in [0.15, 0.2) is 0 Å². The van der Waals surface area contributed by atoms with Gasteiger partial charge in [0.2, 0.25) is 17.7 Å². The molecule has 6 nitrogen and oxygen atoms in total. The lowest BCUT2D eigenvalue weighted by molar-refractivity contribution is -0.136. The van der Waals surface area contributed by atoms with Gasteiger partial charge in [-0.3, -0.25) is 14.4 Å². The maximum Gasteiger partial charge on any atom is 0.228 e. The first-order chi connectivity index (χ1) is 12.0. The van der Waals surface area contributed by atoms with E-state index in [0.717, 1.165) is 12.0 Å². The van der Waals surface area contributed by atoms with Crippen LogP contribution in [0.5, 0.6) is 0 Å². The Morgan fingerprint density at radius 2 is 1.72 bits per heavy atom.